The SMILES string of the molecule is CCCOc1cnccc1C. The minimum Gasteiger partial charge on any atom is -0.492 e. The predicted octanol–water partition coefficient (Wildman–Crippen LogP) is 2.18. The Hall–Kier alpha value is -1.05. The van der Waals surface area contributed by atoms with E-state index < -0.39 is 0 Å². The van der Waals surface area contributed by atoms with Crippen LogP contribution in [0.5, 0.6) is 5.75 Å². The molecule has 0 fully saturated rings. The molecule has 0 aliphatic rings. The molecule has 0 aliphatic carbocycles. The summed E-state index contributed by atoms with van der Waals surface area (Å²) in [6.07, 6.45) is 4.56. The molecular formula is C9H13NO. The van der Waals surface area contributed by atoms with Crippen LogP contribution in [-0.2, 0) is 0 Å². The van der Waals surface area contributed by atoms with E-state index in [1.807, 2.05) is 13.0 Å². The van der Waals surface area contributed by atoms with Crippen LogP contribution in [0.4, 0.5) is 0 Å². The summed E-state index contributed by atoms with van der Waals surface area (Å²) in [6, 6.07) is 1.95. The zero-order valence-corrected chi connectivity index (χ0v) is 7.00. The topological polar surface area (TPSA) is 22.1 Å². The highest BCUT2D eigenvalue weighted by molar-refractivity contribution is 5.27. The highest BCUT2D eigenvalue weighted by atomic mass is 16.5. The van der Waals surface area contributed by atoms with E-state index >= 15 is 0 Å². The van der Waals surface area contributed by atoms with Gasteiger partial charge in [0.05, 0.1) is 12.8 Å². The monoisotopic (exact) mass is 151 g/mol. The minimum atomic E-state index is 0.770. The first-order valence-electron chi connectivity index (χ1n) is 3.88. The second-order valence-electron chi connectivity index (χ2n) is 2.49. The van der Waals surface area contributed by atoms with Crippen molar-refractivity contribution in [2.45, 2.75) is 20.3 Å². The van der Waals surface area contributed by atoms with Crippen LogP contribution in [0.2, 0.25) is 0 Å². The molecule has 0 N–H and O–H groups in total. The van der Waals surface area contributed by atoms with E-state index in [2.05, 4.69) is 11.9 Å². The van der Waals surface area contributed by atoms with Crippen molar-refractivity contribution in [1.29, 1.82) is 0 Å². The molecule has 0 spiro atoms. The van der Waals surface area contributed by atoms with Gasteiger partial charge in [-0.25, -0.2) is 0 Å². The number of hydrogen-bond acceptors (Lipinski definition) is 2. The highest BCUT2D eigenvalue weighted by Gasteiger charge is 1.95. The Morgan fingerprint density at radius 1 is 1.55 bits per heavy atom. The van der Waals surface area contributed by atoms with Crippen molar-refractivity contribution in [3.63, 3.8) is 0 Å². The lowest BCUT2D eigenvalue weighted by atomic mass is 10.3. The van der Waals surface area contributed by atoms with Crippen molar-refractivity contribution in [2.75, 3.05) is 6.61 Å². The molecule has 60 valence electrons. The average Bonchev–Trinajstić information content (AvgIpc) is 2.03. The van der Waals surface area contributed by atoms with Crippen molar-refractivity contribution in [3.8, 4) is 5.75 Å². The standard InChI is InChI=1S/C9H13NO/c1-3-6-11-9-7-10-5-4-8(9)2/h4-5,7H,3,6H2,1-2H3. The summed E-state index contributed by atoms with van der Waals surface area (Å²) in [6.45, 7) is 4.88. The van der Waals surface area contributed by atoms with Gasteiger partial charge in [-0.3, -0.25) is 4.98 Å². The van der Waals surface area contributed by atoms with Gasteiger partial charge in [-0.05, 0) is 25.0 Å². The van der Waals surface area contributed by atoms with Crippen LogP contribution < -0.4 is 4.74 Å². The zero-order valence-electron chi connectivity index (χ0n) is 7.00. The van der Waals surface area contributed by atoms with Crippen LogP contribution in [0.1, 0.15) is 18.9 Å². The number of rotatable bonds is 3. The van der Waals surface area contributed by atoms with Crippen molar-refractivity contribution in [2.24, 2.45) is 0 Å². The number of aryl methyl sites for hydroxylation is 1. The first-order chi connectivity index (χ1) is 5.34. The molecule has 1 heterocycles. The summed E-state index contributed by atoms with van der Waals surface area (Å²) >= 11 is 0. The van der Waals surface area contributed by atoms with Crippen LogP contribution >= 0.6 is 0 Å². The molecule has 0 amide bonds. The normalized spacial score (nSPS) is 9.64. The lowest BCUT2D eigenvalue weighted by Gasteiger charge is -2.05. The van der Waals surface area contributed by atoms with E-state index in [0.29, 0.717) is 0 Å². The third-order valence-electron chi connectivity index (χ3n) is 1.45. The summed E-state index contributed by atoms with van der Waals surface area (Å²) < 4.78 is 5.42. The van der Waals surface area contributed by atoms with Gasteiger partial charge in [-0.1, -0.05) is 6.92 Å². The maximum absolute atomic E-state index is 5.42. The van der Waals surface area contributed by atoms with Crippen LogP contribution in [0, 0.1) is 6.92 Å². The first-order valence-corrected chi connectivity index (χ1v) is 3.88. The zero-order chi connectivity index (χ0) is 8.10. The fraction of sp³-hybridized carbons (Fsp3) is 0.444. The van der Waals surface area contributed by atoms with Crippen molar-refractivity contribution in [1.82, 2.24) is 4.98 Å². The third-order valence-corrected chi connectivity index (χ3v) is 1.45. The second-order valence-corrected chi connectivity index (χ2v) is 2.49. The maximum atomic E-state index is 5.42. The maximum Gasteiger partial charge on any atom is 0.140 e. The molecule has 0 unspecified atom stereocenters. The van der Waals surface area contributed by atoms with Crippen molar-refractivity contribution < 1.29 is 4.74 Å². The van der Waals surface area contributed by atoms with Crippen LogP contribution in [0.25, 0.3) is 0 Å². The summed E-state index contributed by atoms with van der Waals surface area (Å²) in [4.78, 5) is 3.97. The molecule has 0 aromatic carbocycles. The number of hydrogen-bond donors (Lipinski definition) is 0. The largest absolute Gasteiger partial charge is 0.492 e. The molecule has 0 bridgehead atoms. The molecule has 1 aromatic rings. The van der Waals surface area contributed by atoms with Gasteiger partial charge in [0.25, 0.3) is 0 Å². The van der Waals surface area contributed by atoms with Crippen molar-refractivity contribution in [3.05, 3.63) is 24.0 Å². The summed E-state index contributed by atoms with van der Waals surface area (Å²) in [7, 11) is 0. The van der Waals surface area contributed by atoms with Gasteiger partial charge in [0.15, 0.2) is 0 Å². The number of nitrogens with zero attached hydrogens (tertiary/aromatic N) is 1. The molecule has 0 aliphatic heterocycles. The van der Waals surface area contributed by atoms with Crippen LogP contribution in [0.3, 0.4) is 0 Å². The smallest absolute Gasteiger partial charge is 0.140 e. The molecule has 0 saturated carbocycles. The lowest BCUT2D eigenvalue weighted by Crippen LogP contribution is -1.96. The molecule has 1 rings (SSSR count). The van der Waals surface area contributed by atoms with Crippen molar-refractivity contribution >= 4 is 0 Å². The van der Waals surface area contributed by atoms with Gasteiger partial charge in [-0.15, -0.1) is 0 Å². The Morgan fingerprint density at radius 2 is 2.36 bits per heavy atom. The van der Waals surface area contributed by atoms with E-state index in [0.717, 1.165) is 24.3 Å². The van der Waals surface area contributed by atoms with E-state index in [9.17, 15) is 0 Å². The van der Waals surface area contributed by atoms with Gasteiger partial charge in [0, 0.05) is 6.20 Å². The Kier molecular flexibility index (Phi) is 2.90. The Morgan fingerprint density at radius 3 is 3.00 bits per heavy atom. The number of ether oxygens (including phenoxy) is 1. The van der Waals surface area contributed by atoms with Gasteiger partial charge in [0.1, 0.15) is 5.75 Å². The molecular weight excluding hydrogens is 138 g/mol. The lowest BCUT2D eigenvalue weighted by molar-refractivity contribution is 0.314. The third kappa shape index (κ3) is 2.22. The van der Waals surface area contributed by atoms with E-state index in [-0.39, 0.29) is 0 Å². The Bertz CT molecular complexity index is 223. The fourth-order valence-corrected chi connectivity index (χ4v) is 0.813. The van der Waals surface area contributed by atoms with Gasteiger partial charge < -0.3 is 4.74 Å². The molecule has 1 aromatic heterocycles. The van der Waals surface area contributed by atoms with Gasteiger partial charge in [-0.2, -0.15) is 0 Å². The number of aromatic nitrogens is 1. The van der Waals surface area contributed by atoms with Gasteiger partial charge >= 0.3 is 0 Å². The first kappa shape index (κ1) is 8.05. The summed E-state index contributed by atoms with van der Waals surface area (Å²) in [5.41, 5.74) is 1.15. The van der Waals surface area contributed by atoms with Crippen LogP contribution in [0.15, 0.2) is 18.5 Å². The second kappa shape index (κ2) is 3.96. The molecule has 0 atom stereocenters. The predicted molar refractivity (Wildman–Crippen MR) is 44.8 cm³/mol. The van der Waals surface area contributed by atoms with E-state index in [4.69, 9.17) is 4.74 Å². The average molecular weight is 151 g/mol. The van der Waals surface area contributed by atoms with Gasteiger partial charge in [0.2, 0.25) is 0 Å². The summed E-state index contributed by atoms with van der Waals surface area (Å²) in [5.74, 6) is 0.898. The molecule has 2 heteroatoms. The quantitative estimate of drug-likeness (QED) is 0.660. The molecule has 11 heavy (non-hydrogen) atoms. The van der Waals surface area contributed by atoms with E-state index in [1.54, 1.807) is 12.4 Å². The highest BCUT2D eigenvalue weighted by Crippen LogP contribution is 2.14. The minimum absolute atomic E-state index is 0.770. The van der Waals surface area contributed by atoms with Crippen LogP contribution in [-0.4, -0.2) is 11.6 Å². The Balaban J connectivity index is 2.62. The molecule has 0 radical (unpaired) electrons. The fourth-order valence-electron chi connectivity index (χ4n) is 0.813. The summed E-state index contributed by atoms with van der Waals surface area (Å²) in [5, 5.41) is 0. The number of pyridine rings is 1. The Labute approximate surface area is 67.2 Å². The molecule has 0 saturated heterocycles. The molecule has 2 nitrogen and oxygen atoms in total. The van der Waals surface area contributed by atoms with E-state index in [1.165, 1.54) is 0 Å².